The highest BCUT2D eigenvalue weighted by atomic mass is 16.5. The third kappa shape index (κ3) is 1.64. The first-order valence-electron chi connectivity index (χ1n) is 6.08. The van der Waals surface area contributed by atoms with Crippen molar-refractivity contribution in [2.75, 3.05) is 5.06 Å². The van der Waals surface area contributed by atoms with Gasteiger partial charge in [-0.3, -0.25) is 10.0 Å². The summed E-state index contributed by atoms with van der Waals surface area (Å²) in [6.07, 6.45) is 4.19. The second-order valence-electron chi connectivity index (χ2n) is 4.98. The van der Waals surface area contributed by atoms with Crippen LogP contribution in [-0.4, -0.2) is 17.2 Å². The van der Waals surface area contributed by atoms with Crippen LogP contribution in [0.5, 0.6) is 0 Å². The minimum atomic E-state index is -0.623. The average molecular weight is 232 g/mol. The highest BCUT2D eigenvalue weighted by Gasteiger charge is 2.30. The smallest absolute Gasteiger partial charge is 0.267 e. The number of nitrogens with two attached hydrogens (primary N) is 1. The largest absolute Gasteiger partial charge is 0.320 e. The number of hydroxylamine groups is 1. The Balaban J connectivity index is 1.99. The zero-order chi connectivity index (χ0) is 12.0. The summed E-state index contributed by atoms with van der Waals surface area (Å²) in [7, 11) is 0. The quantitative estimate of drug-likeness (QED) is 0.722. The van der Waals surface area contributed by atoms with Crippen molar-refractivity contribution in [2.24, 2.45) is 5.73 Å². The van der Waals surface area contributed by atoms with Gasteiger partial charge in [-0.05, 0) is 42.4 Å². The summed E-state index contributed by atoms with van der Waals surface area (Å²) in [6, 6.07) is 5.39. The second-order valence-corrected chi connectivity index (χ2v) is 4.98. The highest BCUT2D eigenvalue weighted by molar-refractivity contribution is 5.98. The van der Waals surface area contributed by atoms with Gasteiger partial charge in [-0.25, -0.2) is 0 Å². The van der Waals surface area contributed by atoms with Crippen LogP contribution < -0.4 is 10.8 Å². The summed E-state index contributed by atoms with van der Waals surface area (Å²) in [4.78, 5) is 11.6. The van der Waals surface area contributed by atoms with Gasteiger partial charge in [0.15, 0.2) is 0 Å². The van der Waals surface area contributed by atoms with Gasteiger partial charge in [0.25, 0.3) is 5.91 Å². The van der Waals surface area contributed by atoms with Crippen LogP contribution in [0.15, 0.2) is 18.2 Å². The van der Waals surface area contributed by atoms with Crippen LogP contribution in [-0.2, 0) is 11.2 Å². The Bertz CT molecular complexity index is 468. The van der Waals surface area contributed by atoms with Crippen LogP contribution in [0.2, 0.25) is 0 Å². The van der Waals surface area contributed by atoms with Gasteiger partial charge in [0.2, 0.25) is 0 Å². The maximum absolute atomic E-state index is 11.6. The molecule has 3 N–H and O–H groups in total. The van der Waals surface area contributed by atoms with E-state index in [0.29, 0.717) is 23.1 Å². The number of carbonyl (C=O) groups is 1. The summed E-state index contributed by atoms with van der Waals surface area (Å²) in [6.45, 7) is 0. The highest BCUT2D eigenvalue weighted by Crippen LogP contribution is 2.39. The van der Waals surface area contributed by atoms with Gasteiger partial charge in [-0.1, -0.05) is 18.6 Å². The molecule has 1 atom stereocenters. The third-order valence-corrected chi connectivity index (χ3v) is 3.88. The Kier molecular flexibility index (Phi) is 2.42. The van der Waals surface area contributed by atoms with Gasteiger partial charge < -0.3 is 5.73 Å². The molecule has 0 unspecified atom stereocenters. The van der Waals surface area contributed by atoms with Gasteiger partial charge in [-0.15, -0.1) is 0 Å². The zero-order valence-electron chi connectivity index (χ0n) is 9.60. The molecule has 1 aromatic rings. The van der Waals surface area contributed by atoms with Crippen molar-refractivity contribution in [3.63, 3.8) is 0 Å². The molecule has 1 aromatic carbocycles. The topological polar surface area (TPSA) is 66.6 Å². The van der Waals surface area contributed by atoms with Gasteiger partial charge in [0, 0.05) is 0 Å². The molecule has 0 spiro atoms. The number of amides is 1. The fourth-order valence-electron chi connectivity index (χ4n) is 2.55. The summed E-state index contributed by atoms with van der Waals surface area (Å²) < 4.78 is 0. The minimum Gasteiger partial charge on any atom is -0.320 e. The van der Waals surface area contributed by atoms with E-state index in [4.69, 9.17) is 5.73 Å². The number of hydrogen-bond acceptors (Lipinski definition) is 3. The fourth-order valence-corrected chi connectivity index (χ4v) is 2.55. The lowest BCUT2D eigenvalue weighted by atomic mass is 9.79. The van der Waals surface area contributed by atoms with Crippen molar-refractivity contribution in [1.82, 2.24) is 0 Å². The molecule has 90 valence electrons. The number of rotatable bonds is 1. The third-order valence-electron chi connectivity index (χ3n) is 3.88. The lowest BCUT2D eigenvalue weighted by molar-refractivity contribution is -0.125. The standard InChI is InChI=1S/C13H16N2O2/c14-11-6-10-5-4-9(8-2-1-3-8)7-12(10)15(17)13(11)16/h4-5,7-8,11,17H,1-3,6,14H2/t11-/m0/s1. The van der Waals surface area contributed by atoms with E-state index < -0.39 is 11.9 Å². The van der Waals surface area contributed by atoms with Crippen molar-refractivity contribution >= 4 is 11.6 Å². The molecule has 1 amide bonds. The van der Waals surface area contributed by atoms with Crippen LogP contribution in [0.1, 0.15) is 36.3 Å². The molecule has 4 nitrogen and oxygen atoms in total. The minimum absolute atomic E-state index is 0.414. The number of hydrogen-bond donors (Lipinski definition) is 2. The van der Waals surface area contributed by atoms with Gasteiger partial charge in [0.05, 0.1) is 11.7 Å². The number of fused-ring (bicyclic) bond motifs is 1. The van der Waals surface area contributed by atoms with Crippen molar-refractivity contribution < 1.29 is 10.0 Å². The predicted octanol–water partition coefficient (Wildman–Crippen LogP) is 1.56. The van der Waals surface area contributed by atoms with E-state index >= 15 is 0 Å². The molecular weight excluding hydrogens is 216 g/mol. The van der Waals surface area contributed by atoms with Crippen LogP contribution in [0.4, 0.5) is 5.69 Å². The van der Waals surface area contributed by atoms with Gasteiger partial charge in [-0.2, -0.15) is 5.06 Å². The van der Waals surface area contributed by atoms with Crippen LogP contribution in [0.25, 0.3) is 0 Å². The van der Waals surface area contributed by atoms with E-state index in [-0.39, 0.29) is 0 Å². The van der Waals surface area contributed by atoms with E-state index in [1.807, 2.05) is 12.1 Å². The number of nitrogens with zero attached hydrogens (tertiary/aromatic N) is 1. The molecule has 1 aliphatic carbocycles. The first-order chi connectivity index (χ1) is 8.16. The van der Waals surface area contributed by atoms with E-state index in [1.165, 1.54) is 24.8 Å². The number of carbonyl (C=O) groups excluding carboxylic acids is 1. The molecule has 0 saturated heterocycles. The molecule has 1 aliphatic heterocycles. The monoisotopic (exact) mass is 232 g/mol. The molecule has 1 fully saturated rings. The number of anilines is 1. The van der Waals surface area contributed by atoms with E-state index in [1.54, 1.807) is 0 Å². The molecule has 1 saturated carbocycles. The van der Waals surface area contributed by atoms with E-state index in [9.17, 15) is 10.0 Å². The van der Waals surface area contributed by atoms with Crippen LogP contribution in [0, 0.1) is 0 Å². The van der Waals surface area contributed by atoms with Crippen molar-refractivity contribution in [3.05, 3.63) is 29.3 Å². The molecule has 0 radical (unpaired) electrons. The van der Waals surface area contributed by atoms with Crippen molar-refractivity contribution in [3.8, 4) is 0 Å². The Morgan fingerprint density at radius 3 is 2.76 bits per heavy atom. The lowest BCUT2D eigenvalue weighted by Crippen LogP contribution is -2.47. The Labute approximate surface area is 100.0 Å². The van der Waals surface area contributed by atoms with Crippen molar-refractivity contribution in [1.29, 1.82) is 0 Å². The first-order valence-corrected chi connectivity index (χ1v) is 6.08. The molecule has 0 aromatic heterocycles. The molecule has 4 heteroatoms. The summed E-state index contributed by atoms with van der Waals surface area (Å²) in [5.41, 5.74) is 8.45. The Morgan fingerprint density at radius 2 is 2.12 bits per heavy atom. The molecule has 17 heavy (non-hydrogen) atoms. The van der Waals surface area contributed by atoms with E-state index in [2.05, 4.69) is 6.07 Å². The maximum atomic E-state index is 11.6. The second kappa shape index (κ2) is 3.82. The Hall–Kier alpha value is -1.39. The summed E-state index contributed by atoms with van der Waals surface area (Å²) in [5, 5.41) is 10.5. The molecule has 3 rings (SSSR count). The lowest BCUT2D eigenvalue weighted by Gasteiger charge is -2.31. The van der Waals surface area contributed by atoms with E-state index in [0.717, 1.165) is 5.56 Å². The first kappa shape index (κ1) is 10.7. The number of benzene rings is 1. The molecule has 2 aliphatic rings. The molecular formula is C13H16N2O2. The maximum Gasteiger partial charge on any atom is 0.267 e. The normalized spacial score (nSPS) is 24.5. The summed E-state index contributed by atoms with van der Waals surface area (Å²) in [5.74, 6) is 0.183. The fraction of sp³-hybridized carbons (Fsp3) is 0.462. The van der Waals surface area contributed by atoms with Gasteiger partial charge in [0.1, 0.15) is 0 Å². The molecule has 1 heterocycles. The van der Waals surface area contributed by atoms with Crippen LogP contribution in [0.3, 0.4) is 0 Å². The SMILES string of the molecule is N[C@H]1Cc2ccc(C3CCC3)cc2N(O)C1=O. The van der Waals surface area contributed by atoms with Crippen LogP contribution >= 0.6 is 0 Å². The predicted molar refractivity (Wildman–Crippen MR) is 64.0 cm³/mol. The zero-order valence-corrected chi connectivity index (χ0v) is 9.60. The van der Waals surface area contributed by atoms with Gasteiger partial charge >= 0.3 is 0 Å². The summed E-state index contributed by atoms with van der Waals surface area (Å²) >= 11 is 0. The van der Waals surface area contributed by atoms with Crippen molar-refractivity contribution in [2.45, 2.75) is 37.6 Å². The Morgan fingerprint density at radius 1 is 1.35 bits per heavy atom. The average Bonchev–Trinajstić information content (AvgIpc) is 2.25. The molecule has 0 bridgehead atoms.